The minimum absolute atomic E-state index is 0.0201. The first-order valence-corrected chi connectivity index (χ1v) is 6.96. The second-order valence-electron chi connectivity index (χ2n) is 4.91. The van der Waals surface area contributed by atoms with Gasteiger partial charge in [-0.25, -0.2) is 4.98 Å². The van der Waals surface area contributed by atoms with E-state index in [0.717, 1.165) is 28.8 Å². The molecule has 0 saturated heterocycles. The number of hydrogen-bond acceptors (Lipinski definition) is 4. The largest absolute Gasteiger partial charge is 0.392 e. The summed E-state index contributed by atoms with van der Waals surface area (Å²) in [7, 11) is 1.71. The highest BCUT2D eigenvalue weighted by Crippen LogP contribution is 2.24. The van der Waals surface area contributed by atoms with Crippen LogP contribution in [0.5, 0.6) is 0 Å². The van der Waals surface area contributed by atoms with Crippen LogP contribution < -0.4 is 4.90 Å². The monoisotopic (exact) mass is 274 g/mol. The number of aliphatic hydroxyl groups excluding tert-OH is 1. The number of aliphatic hydroxyl groups is 1. The maximum absolute atomic E-state index is 9.59. The molecule has 0 spiro atoms. The number of para-hydroxylation sites is 1. The van der Waals surface area contributed by atoms with Gasteiger partial charge in [0.05, 0.1) is 24.8 Å². The fourth-order valence-electron chi connectivity index (χ4n) is 2.54. The quantitative estimate of drug-likeness (QED) is 0.879. The smallest absolute Gasteiger partial charge is 0.129 e. The molecule has 2 rings (SSSR count). The predicted octanol–water partition coefficient (Wildman–Crippen LogP) is 2.59. The highest BCUT2D eigenvalue weighted by molar-refractivity contribution is 5.84. The van der Waals surface area contributed by atoms with E-state index in [-0.39, 0.29) is 12.6 Å². The van der Waals surface area contributed by atoms with Crippen LogP contribution in [0.3, 0.4) is 0 Å². The van der Waals surface area contributed by atoms with Crippen LogP contribution in [0.4, 0.5) is 5.82 Å². The molecule has 20 heavy (non-hydrogen) atoms. The second-order valence-corrected chi connectivity index (χ2v) is 4.91. The van der Waals surface area contributed by atoms with E-state index in [1.807, 2.05) is 30.3 Å². The first-order valence-electron chi connectivity index (χ1n) is 6.96. The van der Waals surface area contributed by atoms with Gasteiger partial charge in [0.2, 0.25) is 0 Å². The number of nitrogens with zero attached hydrogens (tertiary/aromatic N) is 2. The van der Waals surface area contributed by atoms with Gasteiger partial charge in [-0.1, -0.05) is 18.2 Å². The molecular weight excluding hydrogens is 252 g/mol. The van der Waals surface area contributed by atoms with E-state index < -0.39 is 0 Å². The van der Waals surface area contributed by atoms with E-state index in [4.69, 9.17) is 9.72 Å². The fraction of sp³-hybridized carbons (Fsp3) is 0.438. The standard InChI is InChI=1S/C16H22N2O2/c1-4-18(12(2)11-20-3)16-9-13(10-19)14-7-5-6-8-15(14)17-16/h5-9,12,19H,4,10-11H2,1-3H3. The number of rotatable bonds is 6. The minimum atomic E-state index is 0.0201. The molecule has 1 heterocycles. The summed E-state index contributed by atoms with van der Waals surface area (Å²) < 4.78 is 5.23. The maximum Gasteiger partial charge on any atom is 0.129 e. The van der Waals surface area contributed by atoms with Crippen LogP contribution in [0.1, 0.15) is 19.4 Å². The van der Waals surface area contributed by atoms with Crippen molar-refractivity contribution in [3.8, 4) is 0 Å². The van der Waals surface area contributed by atoms with Crippen molar-refractivity contribution in [1.29, 1.82) is 0 Å². The lowest BCUT2D eigenvalue weighted by Gasteiger charge is -2.29. The Morgan fingerprint density at radius 2 is 2.10 bits per heavy atom. The molecule has 1 atom stereocenters. The van der Waals surface area contributed by atoms with Crippen molar-refractivity contribution in [3.63, 3.8) is 0 Å². The third-order valence-electron chi connectivity index (χ3n) is 3.53. The van der Waals surface area contributed by atoms with E-state index in [9.17, 15) is 5.11 Å². The highest BCUT2D eigenvalue weighted by Gasteiger charge is 2.15. The Labute approximate surface area is 120 Å². The van der Waals surface area contributed by atoms with Gasteiger partial charge in [0.15, 0.2) is 0 Å². The summed E-state index contributed by atoms with van der Waals surface area (Å²) in [6.45, 7) is 5.73. The molecule has 0 fully saturated rings. The molecule has 108 valence electrons. The number of aromatic nitrogens is 1. The lowest BCUT2D eigenvalue weighted by Crippen LogP contribution is -2.36. The molecule has 2 aromatic rings. The van der Waals surface area contributed by atoms with Gasteiger partial charge in [-0.2, -0.15) is 0 Å². The molecule has 0 aliphatic heterocycles. The Morgan fingerprint density at radius 1 is 1.35 bits per heavy atom. The summed E-state index contributed by atoms with van der Waals surface area (Å²) in [5.41, 5.74) is 1.82. The molecule has 1 N–H and O–H groups in total. The number of ether oxygens (including phenoxy) is 1. The van der Waals surface area contributed by atoms with Crippen molar-refractivity contribution in [2.45, 2.75) is 26.5 Å². The van der Waals surface area contributed by atoms with E-state index in [1.165, 1.54) is 0 Å². The predicted molar refractivity (Wildman–Crippen MR) is 82.0 cm³/mol. The van der Waals surface area contributed by atoms with E-state index in [2.05, 4.69) is 18.7 Å². The minimum Gasteiger partial charge on any atom is -0.392 e. The fourth-order valence-corrected chi connectivity index (χ4v) is 2.54. The second kappa shape index (κ2) is 6.68. The summed E-state index contributed by atoms with van der Waals surface area (Å²) in [5, 5.41) is 10.6. The summed E-state index contributed by atoms with van der Waals surface area (Å²) in [6, 6.07) is 10.1. The Hall–Kier alpha value is -1.65. The first kappa shape index (κ1) is 14.8. The van der Waals surface area contributed by atoms with Gasteiger partial charge in [0.25, 0.3) is 0 Å². The lowest BCUT2D eigenvalue weighted by atomic mass is 10.1. The van der Waals surface area contributed by atoms with E-state index in [1.54, 1.807) is 7.11 Å². The van der Waals surface area contributed by atoms with Gasteiger partial charge in [-0.05, 0) is 31.5 Å². The average Bonchev–Trinajstić information content (AvgIpc) is 2.47. The molecule has 4 nitrogen and oxygen atoms in total. The molecule has 0 aliphatic rings. The number of fused-ring (bicyclic) bond motifs is 1. The number of likely N-dealkylation sites (N-methyl/N-ethyl adjacent to an activating group) is 1. The number of methoxy groups -OCH3 is 1. The van der Waals surface area contributed by atoms with Gasteiger partial charge in [-0.15, -0.1) is 0 Å². The van der Waals surface area contributed by atoms with Crippen molar-refractivity contribution in [1.82, 2.24) is 4.98 Å². The van der Waals surface area contributed by atoms with Crippen molar-refractivity contribution in [2.75, 3.05) is 25.2 Å². The number of pyridine rings is 1. The van der Waals surface area contributed by atoms with Crippen molar-refractivity contribution in [2.24, 2.45) is 0 Å². The van der Waals surface area contributed by atoms with Gasteiger partial charge in [0.1, 0.15) is 5.82 Å². The summed E-state index contributed by atoms with van der Waals surface area (Å²) in [4.78, 5) is 6.91. The average molecular weight is 274 g/mol. The molecule has 0 saturated carbocycles. The summed E-state index contributed by atoms with van der Waals surface area (Å²) in [6.07, 6.45) is 0. The van der Waals surface area contributed by atoms with Crippen LogP contribution in [-0.2, 0) is 11.3 Å². The van der Waals surface area contributed by atoms with Crippen LogP contribution in [0.25, 0.3) is 10.9 Å². The van der Waals surface area contributed by atoms with Crippen LogP contribution >= 0.6 is 0 Å². The molecule has 0 amide bonds. The van der Waals surface area contributed by atoms with Crippen molar-refractivity contribution >= 4 is 16.7 Å². The van der Waals surface area contributed by atoms with Gasteiger partial charge < -0.3 is 14.7 Å². The molecule has 0 bridgehead atoms. The third-order valence-corrected chi connectivity index (χ3v) is 3.53. The Morgan fingerprint density at radius 3 is 2.75 bits per heavy atom. The summed E-state index contributed by atoms with van der Waals surface area (Å²) >= 11 is 0. The zero-order valence-electron chi connectivity index (χ0n) is 12.3. The summed E-state index contributed by atoms with van der Waals surface area (Å²) in [5.74, 6) is 0.889. The Kier molecular flexibility index (Phi) is 4.93. The Balaban J connectivity index is 2.47. The number of hydrogen-bond donors (Lipinski definition) is 1. The SMILES string of the molecule is CCN(c1cc(CO)c2ccccc2n1)C(C)COC. The molecule has 0 radical (unpaired) electrons. The van der Waals surface area contributed by atoms with Crippen molar-refractivity contribution < 1.29 is 9.84 Å². The van der Waals surface area contributed by atoms with Crippen molar-refractivity contribution in [3.05, 3.63) is 35.9 Å². The van der Waals surface area contributed by atoms with Gasteiger partial charge in [-0.3, -0.25) is 0 Å². The normalized spacial score (nSPS) is 12.6. The number of anilines is 1. The van der Waals surface area contributed by atoms with Crippen LogP contribution in [0, 0.1) is 0 Å². The zero-order chi connectivity index (χ0) is 14.5. The van der Waals surface area contributed by atoms with Crippen LogP contribution in [0.15, 0.2) is 30.3 Å². The number of benzene rings is 1. The van der Waals surface area contributed by atoms with Crippen LogP contribution in [0.2, 0.25) is 0 Å². The zero-order valence-corrected chi connectivity index (χ0v) is 12.3. The van der Waals surface area contributed by atoms with Gasteiger partial charge in [0, 0.05) is 19.0 Å². The van der Waals surface area contributed by atoms with E-state index in [0.29, 0.717) is 6.61 Å². The molecule has 1 unspecified atom stereocenters. The lowest BCUT2D eigenvalue weighted by molar-refractivity contribution is 0.181. The maximum atomic E-state index is 9.59. The topological polar surface area (TPSA) is 45.6 Å². The molecule has 1 aromatic carbocycles. The molecule has 1 aromatic heterocycles. The highest BCUT2D eigenvalue weighted by atomic mass is 16.5. The van der Waals surface area contributed by atoms with Crippen LogP contribution in [-0.4, -0.2) is 36.4 Å². The molecule has 0 aliphatic carbocycles. The van der Waals surface area contributed by atoms with Gasteiger partial charge >= 0.3 is 0 Å². The Bertz CT molecular complexity index is 571. The molecular formula is C16H22N2O2. The third kappa shape index (κ3) is 2.92. The first-order chi connectivity index (χ1) is 9.71. The molecule has 4 heteroatoms. The van der Waals surface area contributed by atoms with E-state index >= 15 is 0 Å².